The Hall–Kier alpha value is -3.98. The molecule has 48 heavy (non-hydrogen) atoms. The number of carbonyl (C=O) groups excluding carboxylic acids is 2. The molecule has 1 saturated heterocycles. The molecule has 1 heterocycles. The number of anilines is 2. The number of nitrogens with zero attached hydrogens (tertiary/aromatic N) is 2. The molecule has 3 aromatic rings. The molecule has 0 spiro atoms. The average molecular weight is 710 g/mol. The molecule has 0 aromatic heterocycles. The Morgan fingerprint density at radius 1 is 1.00 bits per heavy atom. The summed E-state index contributed by atoms with van der Waals surface area (Å²) in [7, 11) is -3.36. The number of halogens is 3. The van der Waals surface area contributed by atoms with E-state index in [1.807, 2.05) is 31.2 Å². The predicted octanol–water partition coefficient (Wildman–Crippen LogP) is 5.57. The lowest BCUT2D eigenvalue weighted by Gasteiger charge is -2.38. The molecule has 0 radical (unpaired) electrons. The first-order valence-corrected chi connectivity index (χ1v) is 17.4. The van der Waals surface area contributed by atoms with Crippen molar-refractivity contribution in [1.29, 1.82) is 0 Å². The Morgan fingerprint density at radius 2 is 1.62 bits per heavy atom. The van der Waals surface area contributed by atoms with Crippen LogP contribution in [0.2, 0.25) is 0 Å². The van der Waals surface area contributed by atoms with Crippen LogP contribution in [-0.2, 0) is 16.6 Å². The fraction of sp³-hybridized carbons (Fsp3) is 0.394. The molecule has 0 aliphatic carbocycles. The lowest BCUT2D eigenvalue weighted by atomic mass is 10.0. The number of hydrogen-bond donors (Lipinski definition) is 4. The second kappa shape index (κ2) is 18.0. The molecule has 0 atom stereocenters. The number of amides is 3. The van der Waals surface area contributed by atoms with Gasteiger partial charge in [-0.1, -0.05) is 25.5 Å². The number of ether oxygens (including phenoxy) is 1. The third-order valence-corrected chi connectivity index (χ3v) is 8.28. The maximum absolute atomic E-state index is 14.6. The molecule has 262 valence electrons. The number of sulfonamides is 1. The number of aliphatic hydroxyl groups is 1. The fourth-order valence-electron chi connectivity index (χ4n) is 5.30. The first-order chi connectivity index (χ1) is 22.5. The van der Waals surface area contributed by atoms with Crippen LogP contribution in [0.1, 0.15) is 48.5 Å². The summed E-state index contributed by atoms with van der Waals surface area (Å²) in [6.45, 7) is 4.25. The molecule has 15 heteroatoms. The summed E-state index contributed by atoms with van der Waals surface area (Å²) in [5.74, 6) is -1.66. The Bertz CT molecular complexity index is 1620. The molecule has 3 amide bonds. The number of urea groups is 1. The van der Waals surface area contributed by atoms with Gasteiger partial charge >= 0.3 is 6.03 Å². The van der Waals surface area contributed by atoms with Gasteiger partial charge in [0.15, 0.2) is 0 Å². The van der Waals surface area contributed by atoms with Crippen molar-refractivity contribution in [2.45, 2.75) is 45.2 Å². The van der Waals surface area contributed by atoms with Crippen molar-refractivity contribution in [2.75, 3.05) is 49.1 Å². The number of carbonyl (C=O) groups is 2. The van der Waals surface area contributed by atoms with E-state index >= 15 is 0 Å². The van der Waals surface area contributed by atoms with Gasteiger partial charge in [0, 0.05) is 50.5 Å². The minimum atomic E-state index is -3.36. The van der Waals surface area contributed by atoms with Gasteiger partial charge in [-0.15, -0.1) is 12.4 Å². The van der Waals surface area contributed by atoms with Gasteiger partial charge in [0.05, 0.1) is 24.1 Å². The molecular formula is C33H42ClF2N5O6S. The number of nitrogens with one attached hydrogen (secondary N) is 3. The summed E-state index contributed by atoms with van der Waals surface area (Å²) in [6.07, 6.45) is 4.12. The SMILES string of the molecule is CCCCN(C(=O)Nc1cc(C(=O)NCCO)c(F)cc1F)C1CCN(Cc2ccc(Oc3ccc(NS(C)(=O)=O)cc3)cc2)CC1.Cl. The van der Waals surface area contributed by atoms with Crippen LogP contribution in [0.15, 0.2) is 60.7 Å². The fourth-order valence-corrected chi connectivity index (χ4v) is 5.86. The van der Waals surface area contributed by atoms with E-state index in [-0.39, 0.29) is 37.3 Å². The topological polar surface area (TPSA) is 140 Å². The van der Waals surface area contributed by atoms with Gasteiger partial charge in [-0.3, -0.25) is 14.4 Å². The number of benzene rings is 3. The normalized spacial score (nSPS) is 13.7. The number of piperidine rings is 1. The van der Waals surface area contributed by atoms with Crippen molar-refractivity contribution in [3.8, 4) is 11.5 Å². The number of likely N-dealkylation sites (tertiary alicyclic amines) is 1. The predicted molar refractivity (Wildman–Crippen MR) is 183 cm³/mol. The molecule has 11 nitrogen and oxygen atoms in total. The smallest absolute Gasteiger partial charge is 0.322 e. The summed E-state index contributed by atoms with van der Waals surface area (Å²) in [5.41, 5.74) is 0.819. The van der Waals surface area contributed by atoms with Gasteiger partial charge in [0.25, 0.3) is 5.91 Å². The van der Waals surface area contributed by atoms with Crippen molar-refractivity contribution in [3.05, 3.63) is 83.4 Å². The lowest BCUT2D eigenvalue weighted by Crippen LogP contribution is -2.49. The zero-order valence-corrected chi connectivity index (χ0v) is 28.5. The summed E-state index contributed by atoms with van der Waals surface area (Å²) < 4.78 is 60.0. The van der Waals surface area contributed by atoms with E-state index in [1.165, 1.54) is 0 Å². The van der Waals surface area contributed by atoms with Crippen LogP contribution in [0.3, 0.4) is 0 Å². The second-order valence-electron chi connectivity index (χ2n) is 11.4. The largest absolute Gasteiger partial charge is 0.457 e. The van der Waals surface area contributed by atoms with Crippen molar-refractivity contribution in [1.82, 2.24) is 15.1 Å². The maximum atomic E-state index is 14.6. The average Bonchev–Trinajstić information content (AvgIpc) is 3.03. The molecule has 3 aromatic carbocycles. The van der Waals surface area contributed by atoms with Gasteiger partial charge in [0.2, 0.25) is 10.0 Å². The van der Waals surface area contributed by atoms with Gasteiger partial charge in [-0.05, 0) is 67.3 Å². The van der Waals surface area contributed by atoms with E-state index in [1.54, 1.807) is 29.2 Å². The monoisotopic (exact) mass is 709 g/mol. The van der Waals surface area contributed by atoms with E-state index in [9.17, 15) is 26.8 Å². The van der Waals surface area contributed by atoms with Crippen molar-refractivity contribution in [3.63, 3.8) is 0 Å². The Balaban J connectivity index is 0.00000625. The van der Waals surface area contributed by atoms with E-state index in [4.69, 9.17) is 9.84 Å². The Morgan fingerprint density at radius 3 is 2.21 bits per heavy atom. The first kappa shape index (κ1) is 38.5. The molecular weight excluding hydrogens is 668 g/mol. The zero-order chi connectivity index (χ0) is 34.0. The molecule has 0 saturated carbocycles. The van der Waals surface area contributed by atoms with Crippen LogP contribution >= 0.6 is 12.4 Å². The van der Waals surface area contributed by atoms with Crippen LogP contribution in [0.25, 0.3) is 0 Å². The van der Waals surface area contributed by atoms with Crippen LogP contribution in [0, 0.1) is 11.6 Å². The number of hydrogen-bond acceptors (Lipinski definition) is 7. The number of unbranched alkanes of at least 4 members (excludes halogenated alkanes) is 1. The van der Waals surface area contributed by atoms with E-state index in [0.29, 0.717) is 49.2 Å². The van der Waals surface area contributed by atoms with E-state index in [2.05, 4.69) is 20.3 Å². The third-order valence-electron chi connectivity index (χ3n) is 7.67. The van der Waals surface area contributed by atoms with Crippen LogP contribution < -0.4 is 20.1 Å². The lowest BCUT2D eigenvalue weighted by molar-refractivity contribution is 0.0940. The highest BCUT2D eigenvalue weighted by Crippen LogP contribution is 2.26. The van der Waals surface area contributed by atoms with Gasteiger partial charge in [-0.2, -0.15) is 0 Å². The number of rotatable bonds is 14. The summed E-state index contributed by atoms with van der Waals surface area (Å²) in [6, 6.07) is 15.3. The Kier molecular flexibility index (Phi) is 14.4. The summed E-state index contributed by atoms with van der Waals surface area (Å²) in [4.78, 5) is 29.6. The highest BCUT2D eigenvalue weighted by molar-refractivity contribution is 7.92. The highest BCUT2D eigenvalue weighted by atomic mass is 35.5. The van der Waals surface area contributed by atoms with Gasteiger partial charge < -0.3 is 25.4 Å². The third kappa shape index (κ3) is 11.3. The minimum absolute atomic E-state index is 0. The van der Waals surface area contributed by atoms with Crippen LogP contribution in [-0.4, -0.2) is 80.3 Å². The van der Waals surface area contributed by atoms with Crippen LogP contribution in [0.4, 0.5) is 25.0 Å². The molecule has 1 aliphatic rings. The molecule has 1 aliphatic heterocycles. The summed E-state index contributed by atoms with van der Waals surface area (Å²) >= 11 is 0. The van der Waals surface area contributed by atoms with E-state index < -0.39 is 39.2 Å². The number of aliphatic hydroxyl groups excluding tert-OH is 1. The van der Waals surface area contributed by atoms with Gasteiger partial charge in [0.1, 0.15) is 23.1 Å². The minimum Gasteiger partial charge on any atom is -0.457 e. The molecule has 0 unspecified atom stereocenters. The molecule has 4 N–H and O–H groups in total. The maximum Gasteiger partial charge on any atom is 0.322 e. The molecule has 1 fully saturated rings. The molecule has 0 bridgehead atoms. The van der Waals surface area contributed by atoms with Crippen molar-refractivity contribution in [2.24, 2.45) is 0 Å². The standard InChI is InChI=1S/C33H41F2N5O6S.ClH/c1-3-4-16-40(33(43)37-31-20-28(29(34)21-30(31)35)32(42)36-15-19-41)25-13-17-39(18-14-25)22-23-5-9-26(10-6-23)46-27-11-7-24(8-12-27)38-47(2,44)45;/h5-12,20-21,25,38,41H,3-4,13-19,22H2,1-2H3,(H,36,42)(H,37,43);1H. The van der Waals surface area contributed by atoms with Crippen molar-refractivity contribution >= 4 is 45.7 Å². The second-order valence-corrected chi connectivity index (χ2v) is 13.2. The molecule has 4 rings (SSSR count). The van der Waals surface area contributed by atoms with Crippen molar-refractivity contribution < 1.29 is 36.6 Å². The summed E-state index contributed by atoms with van der Waals surface area (Å²) in [5, 5.41) is 13.8. The quantitative estimate of drug-likeness (QED) is 0.172. The first-order valence-electron chi connectivity index (χ1n) is 15.5. The zero-order valence-electron chi connectivity index (χ0n) is 26.9. The van der Waals surface area contributed by atoms with Gasteiger partial charge in [-0.25, -0.2) is 22.0 Å². The van der Waals surface area contributed by atoms with Crippen LogP contribution in [0.5, 0.6) is 11.5 Å². The highest BCUT2D eigenvalue weighted by Gasteiger charge is 2.29. The Labute approximate surface area is 286 Å². The van der Waals surface area contributed by atoms with E-state index in [0.717, 1.165) is 43.8 Å².